The van der Waals surface area contributed by atoms with Gasteiger partial charge in [0.05, 0.1) is 12.8 Å². The molecule has 3 N–H and O–H groups in total. The molecule has 26 heavy (non-hydrogen) atoms. The maximum Gasteiger partial charge on any atom is 0.141 e. The number of halogens is 1. The van der Waals surface area contributed by atoms with Crippen molar-refractivity contribution in [1.29, 1.82) is 0 Å². The monoisotopic (exact) mass is 357 g/mol. The maximum atomic E-state index is 13.1. The molecule has 0 fully saturated rings. The van der Waals surface area contributed by atoms with Crippen molar-refractivity contribution in [3.63, 3.8) is 0 Å². The first kappa shape index (κ1) is 18.1. The number of pyridine rings is 2. The van der Waals surface area contributed by atoms with E-state index in [1.807, 2.05) is 23.2 Å². The molecule has 0 atom stereocenters. The highest BCUT2D eigenvalue weighted by atomic mass is 19.1. The van der Waals surface area contributed by atoms with Crippen molar-refractivity contribution < 1.29 is 9.50 Å². The first-order valence-corrected chi connectivity index (χ1v) is 8.58. The molecule has 0 spiro atoms. The minimum atomic E-state index is -0.379. The van der Waals surface area contributed by atoms with E-state index < -0.39 is 0 Å². The Hall–Kier alpha value is -2.67. The molecule has 0 aromatic carbocycles. The molecule has 7 heteroatoms. The van der Waals surface area contributed by atoms with Crippen molar-refractivity contribution >= 4 is 23.5 Å². The zero-order valence-corrected chi connectivity index (χ0v) is 15.3. The van der Waals surface area contributed by atoms with Crippen LogP contribution >= 0.6 is 0 Å². The van der Waals surface area contributed by atoms with Crippen LogP contribution in [0.5, 0.6) is 0 Å². The van der Waals surface area contributed by atoms with Crippen molar-refractivity contribution in [2.45, 2.75) is 32.9 Å². The summed E-state index contributed by atoms with van der Waals surface area (Å²) in [4.78, 5) is 10.8. The number of β-amino-alcohol motifs (C(OH)–C–C–N with tert-alkyl or cyclic N) is 1. The van der Waals surface area contributed by atoms with Gasteiger partial charge >= 0.3 is 0 Å². The fourth-order valence-corrected chi connectivity index (χ4v) is 2.73. The minimum absolute atomic E-state index is 0.102. The van der Waals surface area contributed by atoms with Gasteiger partial charge in [-0.3, -0.25) is 0 Å². The molecule has 2 aromatic heterocycles. The topological polar surface area (TPSA) is 73.3 Å². The largest absolute Gasteiger partial charge is 0.395 e. The number of hydrogen-bond acceptors (Lipinski definition) is 6. The van der Waals surface area contributed by atoms with Crippen LogP contribution in [-0.4, -0.2) is 38.7 Å². The lowest BCUT2D eigenvalue weighted by molar-refractivity contribution is 0.232. The molecule has 1 aliphatic rings. The summed E-state index contributed by atoms with van der Waals surface area (Å²) >= 11 is 0. The Morgan fingerprint density at radius 1 is 1.27 bits per heavy atom. The van der Waals surface area contributed by atoms with E-state index in [9.17, 15) is 9.50 Å². The van der Waals surface area contributed by atoms with Gasteiger partial charge in [0.1, 0.15) is 23.3 Å². The molecule has 2 aromatic rings. The van der Waals surface area contributed by atoms with E-state index in [0.29, 0.717) is 24.7 Å². The number of anilines is 3. The first-order valence-electron chi connectivity index (χ1n) is 8.58. The fraction of sp³-hybridized carbons (Fsp3) is 0.368. The summed E-state index contributed by atoms with van der Waals surface area (Å²) in [6, 6.07) is 4.88. The van der Waals surface area contributed by atoms with Gasteiger partial charge in [-0.2, -0.15) is 0 Å². The van der Waals surface area contributed by atoms with E-state index in [1.165, 1.54) is 12.3 Å². The molecule has 0 amide bonds. The third-order valence-electron chi connectivity index (χ3n) is 3.85. The lowest BCUT2D eigenvalue weighted by Gasteiger charge is -2.29. The van der Waals surface area contributed by atoms with Crippen LogP contribution in [0.4, 0.5) is 21.8 Å². The smallest absolute Gasteiger partial charge is 0.141 e. The van der Waals surface area contributed by atoms with Gasteiger partial charge < -0.3 is 20.6 Å². The number of rotatable bonds is 5. The molecule has 1 aliphatic heterocycles. The van der Waals surface area contributed by atoms with E-state index in [1.54, 1.807) is 6.07 Å². The standard InChI is InChI=1S/C19H24FN5O/c1-19(2,3)24-18-15-12-25(8-9-26)7-6-13(15)10-17(23-18)22-16-5-4-14(20)11-21-16/h4-7,10-11,26H,8-9,12H2,1-3H3,(H2,21,22,23,24). The summed E-state index contributed by atoms with van der Waals surface area (Å²) < 4.78 is 13.1. The lowest BCUT2D eigenvalue weighted by Crippen LogP contribution is -2.30. The Labute approximate surface area is 152 Å². The Morgan fingerprint density at radius 2 is 2.08 bits per heavy atom. The van der Waals surface area contributed by atoms with E-state index >= 15 is 0 Å². The van der Waals surface area contributed by atoms with Gasteiger partial charge in [0, 0.05) is 30.4 Å². The summed E-state index contributed by atoms with van der Waals surface area (Å²) in [6.45, 7) is 7.58. The molecule has 6 nitrogen and oxygen atoms in total. The quantitative estimate of drug-likeness (QED) is 0.762. The van der Waals surface area contributed by atoms with Crippen LogP contribution in [0.25, 0.3) is 6.08 Å². The fourth-order valence-electron chi connectivity index (χ4n) is 2.73. The number of nitrogens with one attached hydrogen (secondary N) is 2. The van der Waals surface area contributed by atoms with Crippen LogP contribution < -0.4 is 10.6 Å². The number of aliphatic hydroxyl groups excluding tert-OH is 1. The van der Waals surface area contributed by atoms with Gasteiger partial charge in [0.25, 0.3) is 0 Å². The highest BCUT2D eigenvalue weighted by Crippen LogP contribution is 2.30. The van der Waals surface area contributed by atoms with E-state index in [2.05, 4.69) is 36.4 Å². The molecule has 0 bridgehead atoms. The second-order valence-electron chi connectivity index (χ2n) is 7.30. The van der Waals surface area contributed by atoms with Crippen molar-refractivity contribution in [3.8, 4) is 0 Å². The minimum Gasteiger partial charge on any atom is -0.395 e. The zero-order chi connectivity index (χ0) is 18.7. The Balaban J connectivity index is 1.95. The van der Waals surface area contributed by atoms with Gasteiger partial charge in [-0.1, -0.05) is 0 Å². The van der Waals surface area contributed by atoms with Gasteiger partial charge in [-0.05, 0) is 50.6 Å². The summed E-state index contributed by atoms with van der Waals surface area (Å²) in [7, 11) is 0. The first-order chi connectivity index (χ1) is 12.3. The van der Waals surface area contributed by atoms with Crippen LogP contribution in [0.15, 0.2) is 30.6 Å². The predicted octanol–water partition coefficient (Wildman–Crippen LogP) is 3.35. The molecule has 0 saturated carbocycles. The Kier molecular flexibility index (Phi) is 5.08. The molecule has 3 rings (SSSR count). The van der Waals surface area contributed by atoms with Crippen LogP contribution in [0.2, 0.25) is 0 Å². The van der Waals surface area contributed by atoms with Crippen molar-refractivity contribution in [1.82, 2.24) is 14.9 Å². The summed E-state index contributed by atoms with van der Waals surface area (Å²) in [5.41, 5.74) is 1.97. The van der Waals surface area contributed by atoms with Crippen LogP contribution in [0.3, 0.4) is 0 Å². The van der Waals surface area contributed by atoms with Crippen molar-refractivity contribution in [2.24, 2.45) is 0 Å². The molecule has 138 valence electrons. The number of hydrogen-bond donors (Lipinski definition) is 3. The molecule has 0 radical (unpaired) electrons. The van der Waals surface area contributed by atoms with Gasteiger partial charge in [0.15, 0.2) is 0 Å². The van der Waals surface area contributed by atoms with E-state index in [4.69, 9.17) is 4.98 Å². The second kappa shape index (κ2) is 7.29. The average molecular weight is 357 g/mol. The third-order valence-corrected chi connectivity index (χ3v) is 3.85. The molecule has 0 unspecified atom stereocenters. The average Bonchev–Trinajstić information content (AvgIpc) is 2.56. The van der Waals surface area contributed by atoms with Gasteiger partial charge in [-0.25, -0.2) is 14.4 Å². The maximum absolute atomic E-state index is 13.1. The molecule has 0 saturated heterocycles. The molecule has 3 heterocycles. The zero-order valence-electron chi connectivity index (χ0n) is 15.3. The van der Waals surface area contributed by atoms with Crippen LogP contribution in [0, 0.1) is 5.82 Å². The third kappa shape index (κ3) is 4.49. The van der Waals surface area contributed by atoms with Gasteiger partial charge in [0.2, 0.25) is 0 Å². The molecular formula is C19H24FN5O. The number of aromatic nitrogens is 2. The lowest BCUT2D eigenvalue weighted by atomic mass is 10.0. The van der Waals surface area contributed by atoms with Gasteiger partial charge in [-0.15, -0.1) is 0 Å². The predicted molar refractivity (Wildman–Crippen MR) is 102 cm³/mol. The van der Waals surface area contributed by atoms with Crippen LogP contribution in [-0.2, 0) is 6.54 Å². The number of aliphatic hydroxyl groups is 1. The Bertz CT molecular complexity index is 799. The van der Waals surface area contributed by atoms with E-state index in [-0.39, 0.29) is 18.0 Å². The summed E-state index contributed by atoms with van der Waals surface area (Å²) in [6.07, 6.45) is 5.15. The van der Waals surface area contributed by atoms with Crippen molar-refractivity contribution in [2.75, 3.05) is 23.8 Å². The molecule has 0 aliphatic carbocycles. The second-order valence-corrected chi connectivity index (χ2v) is 7.30. The summed E-state index contributed by atoms with van der Waals surface area (Å²) in [5, 5.41) is 15.8. The van der Waals surface area contributed by atoms with E-state index in [0.717, 1.165) is 16.9 Å². The number of fused-ring (bicyclic) bond motifs is 1. The van der Waals surface area contributed by atoms with Crippen molar-refractivity contribution in [3.05, 3.63) is 47.5 Å². The highest BCUT2D eigenvalue weighted by Gasteiger charge is 2.20. The normalized spacial score (nSPS) is 13.5. The SMILES string of the molecule is CC(C)(C)Nc1nc(Nc2ccc(F)cn2)cc2c1CN(CCO)C=C2. The summed E-state index contributed by atoms with van der Waals surface area (Å²) in [5.74, 6) is 1.57. The van der Waals surface area contributed by atoms with Crippen LogP contribution in [0.1, 0.15) is 31.9 Å². The number of nitrogens with zero attached hydrogens (tertiary/aromatic N) is 3. The highest BCUT2D eigenvalue weighted by molar-refractivity contribution is 5.69. The molecular weight excluding hydrogens is 333 g/mol. The Morgan fingerprint density at radius 3 is 2.73 bits per heavy atom.